The topological polar surface area (TPSA) is 84.2 Å². The second-order valence-electron chi connectivity index (χ2n) is 5.35. The SMILES string of the molecule is CNS(=O)(=O)c1ccc(NC2CC2(C)C)c(N)c1. The minimum atomic E-state index is -3.43. The molecule has 4 N–H and O–H groups in total. The standard InChI is InChI=1S/C12H19N3O2S/c1-12(2)7-11(12)15-10-5-4-8(6-9(10)13)18(16,17)14-3/h4-6,11,14-15H,7,13H2,1-3H3. The third kappa shape index (κ3) is 2.44. The van der Waals surface area contributed by atoms with Crippen molar-refractivity contribution in [1.29, 1.82) is 0 Å². The molecule has 100 valence electrons. The fourth-order valence-corrected chi connectivity index (χ4v) is 2.62. The number of hydrogen-bond acceptors (Lipinski definition) is 4. The lowest BCUT2D eigenvalue weighted by atomic mass is 10.2. The number of sulfonamides is 1. The van der Waals surface area contributed by atoms with Crippen LogP contribution >= 0.6 is 0 Å². The fraction of sp³-hybridized carbons (Fsp3) is 0.500. The summed E-state index contributed by atoms with van der Waals surface area (Å²) >= 11 is 0. The van der Waals surface area contributed by atoms with Crippen LogP contribution in [0.15, 0.2) is 23.1 Å². The maximum absolute atomic E-state index is 11.6. The van der Waals surface area contributed by atoms with Crippen LogP contribution in [0, 0.1) is 5.41 Å². The van der Waals surface area contributed by atoms with Crippen LogP contribution in [0.2, 0.25) is 0 Å². The molecule has 0 bridgehead atoms. The van der Waals surface area contributed by atoms with Gasteiger partial charge in [-0.2, -0.15) is 0 Å². The smallest absolute Gasteiger partial charge is 0.240 e. The van der Waals surface area contributed by atoms with Gasteiger partial charge < -0.3 is 11.1 Å². The van der Waals surface area contributed by atoms with Crippen molar-refractivity contribution in [3.05, 3.63) is 18.2 Å². The molecule has 5 nitrogen and oxygen atoms in total. The summed E-state index contributed by atoms with van der Waals surface area (Å²) in [7, 11) is -2.05. The van der Waals surface area contributed by atoms with Crippen LogP contribution in [0.4, 0.5) is 11.4 Å². The molecule has 0 heterocycles. The van der Waals surface area contributed by atoms with Crippen LogP contribution in [0.1, 0.15) is 20.3 Å². The molecule has 1 atom stereocenters. The monoisotopic (exact) mass is 269 g/mol. The van der Waals surface area contributed by atoms with Gasteiger partial charge in [-0.15, -0.1) is 0 Å². The number of rotatable bonds is 4. The Balaban J connectivity index is 2.21. The number of hydrogen-bond donors (Lipinski definition) is 3. The van der Waals surface area contributed by atoms with E-state index in [4.69, 9.17) is 5.73 Å². The van der Waals surface area contributed by atoms with Gasteiger partial charge in [0.25, 0.3) is 0 Å². The van der Waals surface area contributed by atoms with E-state index in [0.29, 0.717) is 17.1 Å². The Morgan fingerprint density at radius 3 is 2.44 bits per heavy atom. The highest BCUT2D eigenvalue weighted by Crippen LogP contribution is 2.47. The summed E-state index contributed by atoms with van der Waals surface area (Å²) in [6.45, 7) is 4.36. The molecule has 18 heavy (non-hydrogen) atoms. The van der Waals surface area contributed by atoms with E-state index < -0.39 is 10.0 Å². The molecule has 0 aliphatic heterocycles. The van der Waals surface area contributed by atoms with Crippen LogP contribution < -0.4 is 15.8 Å². The van der Waals surface area contributed by atoms with E-state index in [0.717, 1.165) is 12.1 Å². The van der Waals surface area contributed by atoms with Gasteiger partial charge >= 0.3 is 0 Å². The lowest BCUT2D eigenvalue weighted by molar-refractivity contribution is 0.588. The third-order valence-electron chi connectivity index (χ3n) is 3.45. The maximum Gasteiger partial charge on any atom is 0.240 e. The van der Waals surface area contributed by atoms with Crippen molar-refractivity contribution in [2.24, 2.45) is 5.41 Å². The highest BCUT2D eigenvalue weighted by molar-refractivity contribution is 7.89. The van der Waals surface area contributed by atoms with Crippen molar-refractivity contribution in [3.63, 3.8) is 0 Å². The molecule has 1 aromatic carbocycles. The summed E-state index contributed by atoms with van der Waals surface area (Å²) in [6, 6.07) is 5.16. The summed E-state index contributed by atoms with van der Waals surface area (Å²) in [5, 5.41) is 3.33. The maximum atomic E-state index is 11.6. The summed E-state index contributed by atoms with van der Waals surface area (Å²) in [5.74, 6) is 0. The lowest BCUT2D eigenvalue weighted by Crippen LogP contribution is -2.19. The van der Waals surface area contributed by atoms with Gasteiger partial charge in [-0.1, -0.05) is 13.8 Å². The summed E-state index contributed by atoms with van der Waals surface area (Å²) in [6.07, 6.45) is 1.10. The first kappa shape index (κ1) is 13.2. The molecule has 0 aromatic heterocycles. The van der Waals surface area contributed by atoms with E-state index in [1.807, 2.05) is 0 Å². The predicted octanol–water partition coefficient (Wildman–Crippen LogP) is 1.39. The van der Waals surface area contributed by atoms with Crippen LogP contribution in [0.3, 0.4) is 0 Å². The van der Waals surface area contributed by atoms with Crippen LogP contribution in [0.5, 0.6) is 0 Å². The zero-order valence-electron chi connectivity index (χ0n) is 10.8. The van der Waals surface area contributed by atoms with Gasteiger partial charge in [0.15, 0.2) is 0 Å². The van der Waals surface area contributed by atoms with Crippen molar-refractivity contribution in [1.82, 2.24) is 4.72 Å². The molecule has 1 saturated carbocycles. The van der Waals surface area contributed by atoms with Gasteiger partial charge in [-0.3, -0.25) is 0 Å². The van der Waals surface area contributed by atoms with Gasteiger partial charge in [-0.05, 0) is 37.1 Å². The van der Waals surface area contributed by atoms with E-state index in [-0.39, 0.29) is 4.90 Å². The number of anilines is 2. The molecule has 0 saturated heterocycles. The summed E-state index contributed by atoms with van der Waals surface area (Å²) < 4.78 is 25.5. The Kier molecular flexibility index (Phi) is 3.03. The third-order valence-corrected chi connectivity index (χ3v) is 4.86. The first-order chi connectivity index (χ1) is 8.26. The lowest BCUT2D eigenvalue weighted by Gasteiger charge is -2.12. The van der Waals surface area contributed by atoms with Crippen molar-refractivity contribution in [2.45, 2.75) is 31.2 Å². The Morgan fingerprint density at radius 2 is 2.00 bits per heavy atom. The molecule has 0 amide bonds. The zero-order chi connectivity index (χ0) is 13.6. The average Bonchev–Trinajstić information content (AvgIpc) is 2.89. The summed E-state index contributed by atoms with van der Waals surface area (Å²) in [5.41, 5.74) is 7.42. The minimum Gasteiger partial charge on any atom is -0.397 e. The first-order valence-corrected chi connectivity index (χ1v) is 7.34. The number of nitrogens with one attached hydrogen (secondary N) is 2. The van der Waals surface area contributed by atoms with Crippen LogP contribution in [-0.2, 0) is 10.0 Å². The first-order valence-electron chi connectivity index (χ1n) is 5.86. The quantitative estimate of drug-likeness (QED) is 0.721. The molecule has 1 unspecified atom stereocenters. The second-order valence-corrected chi connectivity index (χ2v) is 7.23. The minimum absolute atomic E-state index is 0.183. The predicted molar refractivity (Wildman–Crippen MR) is 72.9 cm³/mol. The van der Waals surface area contributed by atoms with Gasteiger partial charge in [0.2, 0.25) is 10.0 Å². The van der Waals surface area contributed by atoms with E-state index >= 15 is 0 Å². The summed E-state index contributed by atoms with van der Waals surface area (Å²) in [4.78, 5) is 0.183. The van der Waals surface area contributed by atoms with Crippen molar-refractivity contribution >= 4 is 21.4 Å². The van der Waals surface area contributed by atoms with Crippen molar-refractivity contribution < 1.29 is 8.42 Å². The Morgan fingerprint density at radius 1 is 1.39 bits per heavy atom. The molecule has 6 heteroatoms. The van der Waals surface area contributed by atoms with E-state index in [9.17, 15) is 8.42 Å². The average molecular weight is 269 g/mol. The Hall–Kier alpha value is -1.27. The molecular formula is C12H19N3O2S. The highest BCUT2D eigenvalue weighted by atomic mass is 32.2. The normalized spacial score (nSPS) is 21.6. The Labute approximate surface area is 108 Å². The van der Waals surface area contributed by atoms with Gasteiger partial charge in [0.1, 0.15) is 0 Å². The Bertz CT molecular complexity index is 567. The van der Waals surface area contributed by atoms with Crippen molar-refractivity contribution in [2.75, 3.05) is 18.1 Å². The van der Waals surface area contributed by atoms with E-state index in [2.05, 4.69) is 23.9 Å². The van der Waals surface area contributed by atoms with Gasteiger partial charge in [0, 0.05) is 6.04 Å². The molecule has 0 spiro atoms. The second kappa shape index (κ2) is 4.13. The van der Waals surface area contributed by atoms with Gasteiger partial charge in [0.05, 0.1) is 16.3 Å². The molecule has 0 radical (unpaired) electrons. The molecule has 1 aliphatic carbocycles. The van der Waals surface area contributed by atoms with Gasteiger partial charge in [-0.25, -0.2) is 13.1 Å². The fourth-order valence-electron chi connectivity index (χ4n) is 1.86. The molecule has 1 aliphatic rings. The van der Waals surface area contributed by atoms with E-state index in [1.165, 1.54) is 13.1 Å². The number of benzene rings is 1. The highest BCUT2D eigenvalue weighted by Gasteiger charge is 2.45. The molecule has 1 aromatic rings. The van der Waals surface area contributed by atoms with E-state index in [1.54, 1.807) is 12.1 Å². The largest absolute Gasteiger partial charge is 0.397 e. The molecular weight excluding hydrogens is 250 g/mol. The number of nitrogens with two attached hydrogens (primary N) is 1. The zero-order valence-corrected chi connectivity index (χ0v) is 11.6. The molecule has 2 rings (SSSR count). The van der Waals surface area contributed by atoms with Crippen LogP contribution in [0.25, 0.3) is 0 Å². The molecule has 1 fully saturated rings. The number of nitrogen functional groups attached to an aromatic ring is 1. The van der Waals surface area contributed by atoms with Crippen LogP contribution in [-0.4, -0.2) is 21.5 Å². The van der Waals surface area contributed by atoms with Crippen molar-refractivity contribution in [3.8, 4) is 0 Å².